The number of fused-ring (bicyclic) bond motifs is 1. The van der Waals surface area contributed by atoms with Crippen LogP contribution in [0.4, 0.5) is 0 Å². The third-order valence-electron chi connectivity index (χ3n) is 3.62. The zero-order valence-electron chi connectivity index (χ0n) is 12.2. The van der Waals surface area contributed by atoms with Crippen LogP contribution in [0.25, 0.3) is 5.57 Å². The number of aryl methyl sites for hydroxylation is 1. The lowest BCUT2D eigenvalue weighted by atomic mass is 10.1. The summed E-state index contributed by atoms with van der Waals surface area (Å²) in [6.45, 7) is 2.52. The summed E-state index contributed by atoms with van der Waals surface area (Å²) in [5.41, 5.74) is 8.84. The quantitative estimate of drug-likeness (QED) is 0.941. The van der Waals surface area contributed by atoms with Crippen LogP contribution in [0.3, 0.4) is 0 Å². The minimum Gasteiger partial charge on any atom is -0.489 e. The van der Waals surface area contributed by atoms with Gasteiger partial charge in [0.1, 0.15) is 12.4 Å². The molecule has 0 spiro atoms. The molecule has 0 radical (unpaired) electrons. The zero-order valence-corrected chi connectivity index (χ0v) is 13.1. The van der Waals surface area contributed by atoms with E-state index in [2.05, 4.69) is 0 Å². The number of hydrogen-bond acceptors (Lipinski definition) is 4. The van der Waals surface area contributed by atoms with Gasteiger partial charge in [-0.1, -0.05) is 24.3 Å². The molecule has 1 aliphatic rings. The van der Waals surface area contributed by atoms with Crippen molar-refractivity contribution in [1.29, 1.82) is 0 Å². The number of benzene rings is 2. The van der Waals surface area contributed by atoms with Gasteiger partial charge in [0, 0.05) is 23.1 Å². The number of nitrogens with two attached hydrogens (primary N) is 1. The molecule has 0 saturated heterocycles. The van der Waals surface area contributed by atoms with E-state index in [0.29, 0.717) is 22.6 Å². The topological polar surface area (TPSA) is 69.4 Å². The van der Waals surface area contributed by atoms with Crippen LogP contribution in [0.2, 0.25) is 0 Å². The van der Waals surface area contributed by atoms with Crippen LogP contribution >= 0.6 is 0 Å². The van der Waals surface area contributed by atoms with Gasteiger partial charge in [-0.3, -0.25) is 0 Å². The van der Waals surface area contributed by atoms with E-state index in [4.69, 9.17) is 10.5 Å². The molecule has 22 heavy (non-hydrogen) atoms. The molecule has 0 fully saturated rings. The Bertz CT molecular complexity index is 854. The molecule has 2 N–H and O–H groups in total. The van der Waals surface area contributed by atoms with Gasteiger partial charge in [-0.2, -0.15) is 0 Å². The lowest BCUT2D eigenvalue weighted by Crippen LogP contribution is -2.02. The predicted octanol–water partition coefficient (Wildman–Crippen LogP) is 2.66. The molecule has 3 rings (SSSR count). The summed E-state index contributed by atoms with van der Waals surface area (Å²) >= 11 is 0. The van der Waals surface area contributed by atoms with Gasteiger partial charge < -0.3 is 10.5 Å². The number of sulfone groups is 1. The molecule has 0 unspecified atom stereocenters. The number of hydrogen-bond donors (Lipinski definition) is 1. The lowest BCUT2D eigenvalue weighted by molar-refractivity contribution is 0.369. The standard InChI is InChI=1S/C17H17NO3S/c1-12-3-2-4-15(7-12)21-10-14-11-22(19,20)17-8-13(9-18)5-6-16(14)17/h2-8,11H,9-10,18H2,1H3. The van der Waals surface area contributed by atoms with Crippen molar-refractivity contribution in [3.05, 3.63) is 64.6 Å². The van der Waals surface area contributed by atoms with Crippen molar-refractivity contribution in [3.8, 4) is 5.75 Å². The third-order valence-corrected chi connectivity index (χ3v) is 5.16. The molecule has 2 aromatic carbocycles. The van der Waals surface area contributed by atoms with Gasteiger partial charge >= 0.3 is 0 Å². The summed E-state index contributed by atoms with van der Waals surface area (Å²) in [6, 6.07) is 13.0. The van der Waals surface area contributed by atoms with Crippen LogP contribution in [0, 0.1) is 6.92 Å². The fourth-order valence-electron chi connectivity index (χ4n) is 2.49. The summed E-state index contributed by atoms with van der Waals surface area (Å²) in [6.07, 6.45) is 0. The van der Waals surface area contributed by atoms with Gasteiger partial charge in [-0.25, -0.2) is 8.42 Å². The molecule has 2 aromatic rings. The molecule has 1 aliphatic heterocycles. The zero-order chi connectivity index (χ0) is 15.7. The van der Waals surface area contributed by atoms with Crippen LogP contribution in [-0.4, -0.2) is 15.0 Å². The first kappa shape index (κ1) is 14.8. The van der Waals surface area contributed by atoms with Crippen molar-refractivity contribution in [2.75, 3.05) is 6.61 Å². The van der Waals surface area contributed by atoms with E-state index in [1.165, 1.54) is 5.41 Å². The van der Waals surface area contributed by atoms with Crippen LogP contribution in [0.15, 0.2) is 52.8 Å². The smallest absolute Gasteiger partial charge is 0.200 e. The van der Waals surface area contributed by atoms with Gasteiger partial charge in [0.2, 0.25) is 9.84 Å². The van der Waals surface area contributed by atoms with Crippen molar-refractivity contribution < 1.29 is 13.2 Å². The molecular weight excluding hydrogens is 298 g/mol. The molecule has 114 valence electrons. The van der Waals surface area contributed by atoms with E-state index in [9.17, 15) is 8.42 Å². The maximum absolute atomic E-state index is 12.2. The Labute approximate surface area is 130 Å². The molecule has 5 heteroatoms. The summed E-state index contributed by atoms with van der Waals surface area (Å²) in [5.74, 6) is 0.727. The van der Waals surface area contributed by atoms with Gasteiger partial charge in [-0.15, -0.1) is 0 Å². The van der Waals surface area contributed by atoms with Crippen molar-refractivity contribution in [2.24, 2.45) is 5.73 Å². The number of rotatable bonds is 4. The first-order valence-electron chi connectivity index (χ1n) is 6.98. The fourth-order valence-corrected chi connectivity index (χ4v) is 4.00. The third kappa shape index (κ3) is 2.77. The molecule has 0 saturated carbocycles. The van der Waals surface area contributed by atoms with Crippen LogP contribution in [0.5, 0.6) is 5.75 Å². The fraction of sp³-hybridized carbons (Fsp3) is 0.176. The van der Waals surface area contributed by atoms with Gasteiger partial charge in [0.25, 0.3) is 0 Å². The van der Waals surface area contributed by atoms with Crippen LogP contribution in [-0.2, 0) is 16.4 Å². The molecule has 0 bridgehead atoms. The SMILES string of the molecule is Cc1cccc(OCC2=CS(=O)(=O)c3cc(CN)ccc32)c1. The van der Waals surface area contributed by atoms with E-state index in [1.807, 2.05) is 37.3 Å². The van der Waals surface area contributed by atoms with E-state index in [1.54, 1.807) is 12.1 Å². The minimum absolute atomic E-state index is 0.220. The Kier molecular flexibility index (Phi) is 3.76. The molecule has 0 amide bonds. The highest BCUT2D eigenvalue weighted by Crippen LogP contribution is 2.34. The summed E-state index contributed by atoms with van der Waals surface area (Å²) < 4.78 is 30.2. The van der Waals surface area contributed by atoms with Crippen LogP contribution < -0.4 is 10.5 Å². The molecule has 0 aromatic heterocycles. The van der Waals surface area contributed by atoms with E-state index < -0.39 is 9.84 Å². The maximum atomic E-state index is 12.2. The Hall–Kier alpha value is -2.11. The molecular formula is C17H17NO3S. The van der Waals surface area contributed by atoms with Gasteiger partial charge in [0.05, 0.1) is 4.90 Å². The second-order valence-electron chi connectivity index (χ2n) is 5.33. The Morgan fingerprint density at radius 1 is 1.14 bits per heavy atom. The lowest BCUT2D eigenvalue weighted by Gasteiger charge is -2.09. The van der Waals surface area contributed by atoms with Crippen molar-refractivity contribution in [2.45, 2.75) is 18.4 Å². The first-order chi connectivity index (χ1) is 10.5. The van der Waals surface area contributed by atoms with Crippen LogP contribution in [0.1, 0.15) is 16.7 Å². The summed E-state index contributed by atoms with van der Waals surface area (Å²) in [4.78, 5) is 0.318. The average molecular weight is 315 g/mol. The summed E-state index contributed by atoms with van der Waals surface area (Å²) in [7, 11) is -3.40. The Morgan fingerprint density at radius 3 is 2.68 bits per heavy atom. The van der Waals surface area contributed by atoms with Gasteiger partial charge in [0.15, 0.2) is 0 Å². The van der Waals surface area contributed by atoms with E-state index in [0.717, 1.165) is 16.9 Å². The Morgan fingerprint density at radius 2 is 1.95 bits per heavy atom. The second-order valence-corrected chi connectivity index (χ2v) is 7.09. The van der Waals surface area contributed by atoms with Crippen molar-refractivity contribution >= 4 is 15.4 Å². The normalized spacial score (nSPS) is 15.3. The highest BCUT2D eigenvalue weighted by atomic mass is 32.2. The molecule has 1 heterocycles. The largest absolute Gasteiger partial charge is 0.489 e. The molecule has 0 aliphatic carbocycles. The number of ether oxygens (including phenoxy) is 1. The molecule has 0 atom stereocenters. The van der Waals surface area contributed by atoms with Crippen molar-refractivity contribution in [1.82, 2.24) is 0 Å². The maximum Gasteiger partial charge on any atom is 0.200 e. The average Bonchev–Trinajstić information content (AvgIpc) is 2.76. The van der Waals surface area contributed by atoms with E-state index in [-0.39, 0.29) is 6.61 Å². The van der Waals surface area contributed by atoms with Gasteiger partial charge in [-0.05, 0) is 36.2 Å². The minimum atomic E-state index is -3.40. The second kappa shape index (κ2) is 5.59. The first-order valence-corrected chi connectivity index (χ1v) is 8.53. The highest BCUT2D eigenvalue weighted by molar-refractivity contribution is 7.95. The van der Waals surface area contributed by atoms with Crippen molar-refractivity contribution in [3.63, 3.8) is 0 Å². The monoisotopic (exact) mass is 315 g/mol. The summed E-state index contributed by atoms with van der Waals surface area (Å²) in [5, 5.41) is 1.29. The predicted molar refractivity (Wildman–Crippen MR) is 86.2 cm³/mol. The Balaban J connectivity index is 1.88. The highest BCUT2D eigenvalue weighted by Gasteiger charge is 2.27. The molecule has 4 nitrogen and oxygen atoms in total. The van der Waals surface area contributed by atoms with E-state index >= 15 is 0 Å².